The minimum Gasteiger partial charge on any atom is -0.250 e. The molecule has 1 aromatic heterocycles. The van der Waals surface area contributed by atoms with Gasteiger partial charge in [-0.1, -0.05) is 34.1 Å². The Labute approximate surface area is 102 Å². The molecule has 5 heteroatoms. The van der Waals surface area contributed by atoms with E-state index < -0.39 is 0 Å². The van der Waals surface area contributed by atoms with Crippen LogP contribution in [0.4, 0.5) is 0 Å². The summed E-state index contributed by atoms with van der Waals surface area (Å²) >= 11 is 3.33. The van der Waals surface area contributed by atoms with Crippen LogP contribution < -0.4 is 5.69 Å². The zero-order valence-corrected chi connectivity index (χ0v) is 10.3. The molecule has 0 N–H and O–H groups in total. The van der Waals surface area contributed by atoms with E-state index in [4.69, 9.17) is 0 Å². The van der Waals surface area contributed by atoms with Gasteiger partial charge >= 0.3 is 5.69 Å². The fraction of sp³-hybridized carbons (Fsp3) is 0.273. The summed E-state index contributed by atoms with van der Waals surface area (Å²) in [5.74, 6) is 0. The minimum atomic E-state index is -0.0906. The summed E-state index contributed by atoms with van der Waals surface area (Å²) in [5, 5.41) is 4.95. The Kier molecular flexibility index (Phi) is 3.56. The lowest BCUT2D eigenvalue weighted by Crippen LogP contribution is -2.24. The molecule has 2 aromatic rings. The van der Waals surface area contributed by atoms with Crippen molar-refractivity contribution in [2.45, 2.75) is 13.0 Å². The summed E-state index contributed by atoms with van der Waals surface area (Å²) in [6, 6.07) is 9.49. The first-order valence-electron chi connectivity index (χ1n) is 5.09. The van der Waals surface area contributed by atoms with Gasteiger partial charge in [0.2, 0.25) is 0 Å². The van der Waals surface area contributed by atoms with Crippen LogP contribution >= 0.6 is 15.9 Å². The molecular weight excluding hydrogens is 270 g/mol. The maximum atomic E-state index is 11.9. The van der Waals surface area contributed by atoms with Crippen molar-refractivity contribution in [3.63, 3.8) is 0 Å². The van der Waals surface area contributed by atoms with Crippen molar-refractivity contribution >= 4 is 15.9 Å². The van der Waals surface area contributed by atoms with Gasteiger partial charge in [0.05, 0.1) is 5.69 Å². The van der Waals surface area contributed by atoms with Crippen molar-refractivity contribution in [2.24, 2.45) is 0 Å². The molecule has 0 saturated carbocycles. The van der Waals surface area contributed by atoms with Crippen LogP contribution in [-0.4, -0.2) is 19.7 Å². The van der Waals surface area contributed by atoms with E-state index in [-0.39, 0.29) is 5.69 Å². The number of aryl methyl sites for hydroxylation is 1. The van der Waals surface area contributed by atoms with E-state index in [0.717, 1.165) is 17.4 Å². The second-order valence-corrected chi connectivity index (χ2v) is 4.18. The predicted octanol–water partition coefficient (Wildman–Crippen LogP) is 1.82. The van der Waals surface area contributed by atoms with Crippen LogP contribution in [0.15, 0.2) is 41.5 Å². The van der Waals surface area contributed by atoms with Crippen molar-refractivity contribution in [3.05, 3.63) is 47.1 Å². The van der Waals surface area contributed by atoms with Gasteiger partial charge < -0.3 is 0 Å². The van der Waals surface area contributed by atoms with Crippen molar-refractivity contribution in [2.75, 3.05) is 5.33 Å². The number of nitrogens with zero attached hydrogens (tertiary/aromatic N) is 3. The maximum Gasteiger partial charge on any atom is 0.350 e. The molecule has 1 heterocycles. The number of hydrogen-bond acceptors (Lipinski definition) is 2. The van der Waals surface area contributed by atoms with Crippen LogP contribution in [0.2, 0.25) is 0 Å². The van der Waals surface area contributed by atoms with Crippen molar-refractivity contribution in [3.8, 4) is 5.69 Å². The normalized spacial score (nSPS) is 10.6. The number of halogens is 1. The first-order valence-corrected chi connectivity index (χ1v) is 6.21. The summed E-state index contributed by atoms with van der Waals surface area (Å²) in [7, 11) is 0. The standard InChI is InChI=1S/C11H12BrN3O/c12-7-4-8-15-11(16)14(9-13-15)10-5-2-1-3-6-10/h1-3,5-6,9H,4,7-8H2. The molecule has 0 radical (unpaired) electrons. The topological polar surface area (TPSA) is 39.8 Å². The lowest BCUT2D eigenvalue weighted by Gasteiger charge is -1.99. The monoisotopic (exact) mass is 281 g/mol. The Morgan fingerprint density at radius 1 is 1.25 bits per heavy atom. The average Bonchev–Trinajstić information content (AvgIpc) is 2.69. The van der Waals surface area contributed by atoms with Crippen LogP contribution in [0.1, 0.15) is 6.42 Å². The molecule has 0 bridgehead atoms. The Bertz CT molecular complexity index is 503. The smallest absolute Gasteiger partial charge is 0.250 e. The van der Waals surface area contributed by atoms with Crippen molar-refractivity contribution in [1.29, 1.82) is 0 Å². The van der Waals surface area contributed by atoms with E-state index in [1.54, 1.807) is 10.9 Å². The van der Waals surface area contributed by atoms with Gasteiger partial charge in [-0.25, -0.2) is 14.0 Å². The van der Waals surface area contributed by atoms with Gasteiger partial charge in [0, 0.05) is 11.9 Å². The van der Waals surface area contributed by atoms with E-state index in [2.05, 4.69) is 21.0 Å². The van der Waals surface area contributed by atoms with E-state index in [1.807, 2.05) is 30.3 Å². The lowest BCUT2D eigenvalue weighted by atomic mass is 10.3. The Hall–Kier alpha value is -1.36. The molecule has 2 rings (SSSR count). The number of alkyl halides is 1. The van der Waals surface area contributed by atoms with Crippen LogP contribution in [0.5, 0.6) is 0 Å². The fourth-order valence-corrected chi connectivity index (χ4v) is 1.72. The maximum absolute atomic E-state index is 11.9. The molecule has 0 amide bonds. The van der Waals surface area contributed by atoms with E-state index in [0.29, 0.717) is 6.54 Å². The molecule has 1 aromatic carbocycles. The fourth-order valence-electron chi connectivity index (χ4n) is 1.47. The number of aromatic nitrogens is 3. The number of benzene rings is 1. The molecule has 0 aliphatic carbocycles. The summed E-state index contributed by atoms with van der Waals surface area (Å²) in [5.41, 5.74) is 0.754. The lowest BCUT2D eigenvalue weighted by molar-refractivity contribution is 0.582. The Morgan fingerprint density at radius 2 is 2.00 bits per heavy atom. The van der Waals surface area contributed by atoms with Gasteiger partial charge in [0.25, 0.3) is 0 Å². The van der Waals surface area contributed by atoms with Gasteiger partial charge in [-0.2, -0.15) is 5.10 Å². The number of para-hydroxylation sites is 1. The molecule has 0 aliphatic rings. The highest BCUT2D eigenvalue weighted by atomic mass is 79.9. The Morgan fingerprint density at radius 3 is 2.69 bits per heavy atom. The van der Waals surface area contributed by atoms with Crippen molar-refractivity contribution < 1.29 is 0 Å². The number of hydrogen-bond donors (Lipinski definition) is 0. The van der Waals surface area contributed by atoms with E-state index in [9.17, 15) is 4.79 Å². The van der Waals surface area contributed by atoms with Gasteiger partial charge in [-0.15, -0.1) is 0 Å². The molecule has 84 valence electrons. The third-order valence-corrected chi connectivity index (χ3v) is 2.83. The SMILES string of the molecule is O=c1n(-c2ccccc2)cnn1CCCBr. The van der Waals surface area contributed by atoms with Gasteiger partial charge in [-0.3, -0.25) is 0 Å². The highest BCUT2D eigenvalue weighted by Crippen LogP contribution is 2.02. The zero-order valence-electron chi connectivity index (χ0n) is 8.71. The molecule has 16 heavy (non-hydrogen) atoms. The van der Waals surface area contributed by atoms with Crippen LogP contribution in [0.3, 0.4) is 0 Å². The van der Waals surface area contributed by atoms with Gasteiger partial charge in [0.15, 0.2) is 0 Å². The van der Waals surface area contributed by atoms with Gasteiger partial charge in [-0.05, 0) is 18.6 Å². The summed E-state index contributed by atoms with van der Waals surface area (Å²) in [6.45, 7) is 0.643. The van der Waals surface area contributed by atoms with E-state index >= 15 is 0 Å². The second kappa shape index (κ2) is 5.12. The predicted molar refractivity (Wildman–Crippen MR) is 66.2 cm³/mol. The molecular formula is C11H12BrN3O. The first-order chi connectivity index (χ1) is 7.83. The third kappa shape index (κ3) is 2.24. The molecule has 0 atom stereocenters. The molecule has 0 fully saturated rings. The second-order valence-electron chi connectivity index (χ2n) is 3.38. The van der Waals surface area contributed by atoms with Crippen LogP contribution in [0.25, 0.3) is 5.69 Å². The average molecular weight is 282 g/mol. The zero-order chi connectivity index (χ0) is 11.4. The molecule has 0 aliphatic heterocycles. The third-order valence-electron chi connectivity index (χ3n) is 2.27. The molecule has 4 nitrogen and oxygen atoms in total. The highest BCUT2D eigenvalue weighted by molar-refractivity contribution is 9.09. The van der Waals surface area contributed by atoms with Crippen LogP contribution in [0, 0.1) is 0 Å². The van der Waals surface area contributed by atoms with E-state index in [1.165, 1.54) is 4.68 Å². The highest BCUT2D eigenvalue weighted by Gasteiger charge is 2.05. The molecule has 0 spiro atoms. The summed E-state index contributed by atoms with van der Waals surface area (Å²) in [6.07, 6.45) is 2.46. The summed E-state index contributed by atoms with van der Waals surface area (Å²) in [4.78, 5) is 11.9. The summed E-state index contributed by atoms with van der Waals surface area (Å²) < 4.78 is 3.03. The molecule has 0 unspecified atom stereocenters. The first kappa shape index (κ1) is 11.1. The van der Waals surface area contributed by atoms with Crippen LogP contribution in [-0.2, 0) is 6.54 Å². The molecule has 0 saturated heterocycles. The largest absolute Gasteiger partial charge is 0.350 e. The quantitative estimate of drug-likeness (QED) is 0.802. The van der Waals surface area contributed by atoms with Gasteiger partial charge in [0.1, 0.15) is 6.33 Å². The minimum absolute atomic E-state index is 0.0906. The Balaban J connectivity index is 2.31. The van der Waals surface area contributed by atoms with Crippen molar-refractivity contribution in [1.82, 2.24) is 14.3 Å². The number of rotatable bonds is 4.